The summed E-state index contributed by atoms with van der Waals surface area (Å²) in [6, 6.07) is 26.0. The van der Waals surface area contributed by atoms with Gasteiger partial charge in [0.2, 0.25) is 0 Å². The normalized spacial score (nSPS) is 11.0. The van der Waals surface area contributed by atoms with Crippen LogP contribution in [0.25, 0.3) is 10.8 Å². The van der Waals surface area contributed by atoms with Gasteiger partial charge in [0.25, 0.3) is 11.8 Å². The molecule has 9 nitrogen and oxygen atoms in total. The standard InChI is InChI=1S/C35H31ClN4O5/c1-4-44-30-20-29(31(45-5-2)19-28(30)38-34(42)22-11-7-6-8-12-22)39-40-32-25-14-10-9-13-23(25)18-26(33(32)41)35(43)37-27-16-15-24(36)17-21(27)3/h6-20,41H,4-5H2,1-3H3,(H,37,43)(H,38,42). The van der Waals surface area contributed by atoms with Crippen LogP contribution in [0.3, 0.4) is 0 Å². The number of halogens is 1. The van der Waals surface area contributed by atoms with Crippen LogP contribution in [0.4, 0.5) is 22.7 Å². The number of rotatable bonds is 10. The number of aryl methyl sites for hydroxylation is 1. The molecule has 0 aliphatic carbocycles. The van der Waals surface area contributed by atoms with Crippen LogP contribution >= 0.6 is 11.6 Å². The van der Waals surface area contributed by atoms with Crippen LogP contribution in [0, 0.1) is 6.92 Å². The van der Waals surface area contributed by atoms with Crippen molar-refractivity contribution in [2.24, 2.45) is 10.2 Å². The van der Waals surface area contributed by atoms with Crippen LogP contribution in [0.5, 0.6) is 17.2 Å². The lowest BCUT2D eigenvalue weighted by atomic mass is 10.0. The van der Waals surface area contributed by atoms with Gasteiger partial charge in [-0.3, -0.25) is 9.59 Å². The summed E-state index contributed by atoms with van der Waals surface area (Å²) < 4.78 is 11.7. The van der Waals surface area contributed by atoms with E-state index in [1.54, 1.807) is 72.8 Å². The van der Waals surface area contributed by atoms with Crippen molar-refractivity contribution in [2.75, 3.05) is 23.8 Å². The number of nitrogens with one attached hydrogen (secondary N) is 2. The highest BCUT2D eigenvalue weighted by atomic mass is 35.5. The monoisotopic (exact) mass is 622 g/mol. The summed E-state index contributed by atoms with van der Waals surface area (Å²) in [5, 5.41) is 27.8. The van der Waals surface area contributed by atoms with Crippen molar-refractivity contribution in [3.63, 3.8) is 0 Å². The Kier molecular flexibility index (Phi) is 9.60. The van der Waals surface area contributed by atoms with Gasteiger partial charge in [-0.15, -0.1) is 10.2 Å². The van der Waals surface area contributed by atoms with Gasteiger partial charge in [0.15, 0.2) is 5.75 Å². The Hall–Kier alpha value is -5.41. The van der Waals surface area contributed by atoms with Gasteiger partial charge in [-0.05, 0) is 68.1 Å². The molecular weight excluding hydrogens is 592 g/mol. The van der Waals surface area contributed by atoms with Gasteiger partial charge in [0.05, 0.1) is 24.5 Å². The maximum atomic E-state index is 13.4. The fourth-order valence-electron chi connectivity index (χ4n) is 4.71. The number of amides is 2. The zero-order valence-electron chi connectivity index (χ0n) is 24.9. The summed E-state index contributed by atoms with van der Waals surface area (Å²) in [6.45, 7) is 6.12. The van der Waals surface area contributed by atoms with E-state index in [1.165, 1.54) is 0 Å². The van der Waals surface area contributed by atoms with Crippen molar-refractivity contribution in [1.82, 2.24) is 0 Å². The molecule has 0 fully saturated rings. The number of nitrogens with zero attached hydrogens (tertiary/aromatic N) is 2. The first kappa shape index (κ1) is 31.0. The Morgan fingerprint density at radius 3 is 2.20 bits per heavy atom. The molecule has 0 aromatic heterocycles. The Labute approximate surface area is 265 Å². The summed E-state index contributed by atoms with van der Waals surface area (Å²) in [5.74, 6) is -0.471. The molecular formula is C35H31ClN4O5. The molecule has 45 heavy (non-hydrogen) atoms. The molecule has 0 heterocycles. The van der Waals surface area contributed by atoms with E-state index in [0.717, 1.165) is 5.56 Å². The van der Waals surface area contributed by atoms with Gasteiger partial charge in [0, 0.05) is 33.8 Å². The Bertz CT molecular complexity index is 1910. The summed E-state index contributed by atoms with van der Waals surface area (Å²) in [7, 11) is 0. The Morgan fingerprint density at radius 2 is 1.47 bits per heavy atom. The van der Waals surface area contributed by atoms with E-state index in [9.17, 15) is 14.7 Å². The highest BCUT2D eigenvalue weighted by Gasteiger charge is 2.20. The van der Waals surface area contributed by atoms with Crippen LogP contribution in [0.1, 0.15) is 40.1 Å². The Morgan fingerprint density at radius 1 is 0.778 bits per heavy atom. The Balaban J connectivity index is 1.55. The molecule has 0 saturated heterocycles. The molecule has 0 radical (unpaired) electrons. The van der Waals surface area contributed by atoms with Crippen molar-refractivity contribution < 1.29 is 24.2 Å². The number of carbonyl (C=O) groups is 2. The number of hydrogen-bond donors (Lipinski definition) is 3. The van der Waals surface area contributed by atoms with Gasteiger partial charge in [-0.25, -0.2) is 0 Å². The van der Waals surface area contributed by atoms with Crippen LogP contribution in [0.15, 0.2) is 101 Å². The van der Waals surface area contributed by atoms with E-state index in [2.05, 4.69) is 20.9 Å². The lowest BCUT2D eigenvalue weighted by molar-refractivity contribution is 0.101. The average Bonchev–Trinajstić information content (AvgIpc) is 3.03. The summed E-state index contributed by atoms with van der Waals surface area (Å²) in [6.07, 6.45) is 0. The zero-order valence-corrected chi connectivity index (χ0v) is 25.7. The highest BCUT2D eigenvalue weighted by Crippen LogP contribution is 2.43. The molecule has 0 unspecified atom stereocenters. The van der Waals surface area contributed by atoms with E-state index in [4.69, 9.17) is 21.1 Å². The molecule has 5 aromatic rings. The quantitative estimate of drug-likeness (QED) is 0.134. The molecule has 0 aliphatic heterocycles. The molecule has 0 atom stereocenters. The number of carbonyl (C=O) groups excluding carboxylic acids is 2. The van der Waals surface area contributed by atoms with E-state index in [1.807, 2.05) is 39.0 Å². The summed E-state index contributed by atoms with van der Waals surface area (Å²) in [4.78, 5) is 26.3. The average molecular weight is 623 g/mol. The molecule has 0 bridgehead atoms. The minimum absolute atomic E-state index is 0.0241. The molecule has 0 aliphatic rings. The van der Waals surface area contributed by atoms with E-state index in [0.29, 0.717) is 63.1 Å². The number of aromatic hydroxyl groups is 1. The second-order valence-corrected chi connectivity index (χ2v) is 10.4. The predicted octanol–water partition coefficient (Wildman–Crippen LogP) is 9.22. The molecule has 10 heteroatoms. The van der Waals surface area contributed by atoms with Crippen LogP contribution in [-0.2, 0) is 0 Å². The van der Waals surface area contributed by atoms with Gasteiger partial charge >= 0.3 is 0 Å². The van der Waals surface area contributed by atoms with Gasteiger partial charge < -0.3 is 25.2 Å². The molecule has 5 aromatic carbocycles. The second-order valence-electron chi connectivity index (χ2n) is 9.96. The number of hydrogen-bond acceptors (Lipinski definition) is 7. The molecule has 0 saturated carbocycles. The lowest BCUT2D eigenvalue weighted by Crippen LogP contribution is -2.13. The smallest absolute Gasteiger partial charge is 0.259 e. The molecule has 228 valence electrons. The minimum Gasteiger partial charge on any atom is -0.505 e. The molecule has 0 spiro atoms. The van der Waals surface area contributed by atoms with Crippen molar-refractivity contribution in [1.29, 1.82) is 0 Å². The zero-order chi connectivity index (χ0) is 31.9. The largest absolute Gasteiger partial charge is 0.505 e. The first-order chi connectivity index (χ1) is 21.8. The first-order valence-electron chi connectivity index (χ1n) is 14.3. The van der Waals surface area contributed by atoms with E-state index >= 15 is 0 Å². The minimum atomic E-state index is -0.521. The third kappa shape index (κ3) is 7.05. The fourth-order valence-corrected chi connectivity index (χ4v) is 4.93. The second kappa shape index (κ2) is 13.9. The van der Waals surface area contributed by atoms with Gasteiger partial charge in [0.1, 0.15) is 22.9 Å². The topological polar surface area (TPSA) is 122 Å². The number of azo groups is 1. The predicted molar refractivity (Wildman–Crippen MR) is 177 cm³/mol. The number of phenolic OH excluding ortho intramolecular Hbond substituents is 1. The lowest BCUT2D eigenvalue weighted by Gasteiger charge is -2.15. The van der Waals surface area contributed by atoms with Crippen molar-refractivity contribution in [2.45, 2.75) is 20.8 Å². The third-order valence-corrected chi connectivity index (χ3v) is 7.11. The van der Waals surface area contributed by atoms with Crippen LogP contribution in [-0.4, -0.2) is 30.1 Å². The molecule has 3 N–H and O–H groups in total. The SMILES string of the molecule is CCOc1cc(NC(=O)c2ccccc2)c(OCC)cc1N=Nc1c(O)c(C(=O)Nc2ccc(Cl)cc2C)cc2ccccc12. The van der Waals surface area contributed by atoms with Gasteiger partial charge in [-0.1, -0.05) is 54.1 Å². The molecule has 5 rings (SSSR count). The number of anilines is 2. The summed E-state index contributed by atoms with van der Waals surface area (Å²) >= 11 is 6.07. The van der Waals surface area contributed by atoms with Crippen LogP contribution in [0.2, 0.25) is 5.02 Å². The van der Waals surface area contributed by atoms with E-state index < -0.39 is 5.91 Å². The van der Waals surface area contributed by atoms with Crippen molar-refractivity contribution in [3.8, 4) is 17.2 Å². The fraction of sp³-hybridized carbons (Fsp3) is 0.143. The first-order valence-corrected chi connectivity index (χ1v) is 14.7. The number of phenols is 1. The number of fused-ring (bicyclic) bond motifs is 1. The summed E-state index contributed by atoms with van der Waals surface area (Å²) in [5.41, 5.74) is 2.64. The maximum Gasteiger partial charge on any atom is 0.259 e. The molecule has 2 amide bonds. The van der Waals surface area contributed by atoms with Crippen molar-refractivity contribution >= 4 is 56.9 Å². The van der Waals surface area contributed by atoms with E-state index in [-0.39, 0.29) is 22.9 Å². The van der Waals surface area contributed by atoms with Crippen molar-refractivity contribution in [3.05, 3.63) is 113 Å². The highest BCUT2D eigenvalue weighted by molar-refractivity contribution is 6.30. The maximum absolute atomic E-state index is 13.4. The van der Waals surface area contributed by atoms with Crippen LogP contribution < -0.4 is 20.1 Å². The number of ether oxygens (including phenoxy) is 2. The van der Waals surface area contributed by atoms with Gasteiger partial charge in [-0.2, -0.15) is 0 Å². The third-order valence-electron chi connectivity index (χ3n) is 6.88. The number of benzene rings is 5.